The Morgan fingerprint density at radius 2 is 2.19 bits per heavy atom. The second-order valence-corrected chi connectivity index (χ2v) is 5.60. The van der Waals surface area contributed by atoms with Gasteiger partial charge in [-0.25, -0.2) is 4.98 Å². The van der Waals surface area contributed by atoms with Crippen LogP contribution in [0.4, 0.5) is 5.69 Å². The molecule has 1 unspecified atom stereocenters. The number of hydrogen-bond acceptors (Lipinski definition) is 4. The molecular weight excluding hydrogens is 282 g/mol. The predicted molar refractivity (Wildman–Crippen MR) is 85.6 cm³/mol. The van der Waals surface area contributed by atoms with E-state index >= 15 is 0 Å². The van der Waals surface area contributed by atoms with E-state index in [-0.39, 0.29) is 6.04 Å². The highest BCUT2D eigenvalue weighted by atomic mass is 32.2. The molecule has 0 saturated heterocycles. The molecule has 2 heterocycles. The fourth-order valence-corrected chi connectivity index (χ4v) is 2.71. The Morgan fingerprint density at radius 3 is 2.86 bits per heavy atom. The largest absolute Gasteiger partial charge is 0.467 e. The Hall–Kier alpha value is -2.14. The molecule has 0 amide bonds. The molecular formula is C16H17N3OS. The molecule has 3 aromatic rings. The third-order valence-corrected chi connectivity index (χ3v) is 4.05. The lowest BCUT2D eigenvalue weighted by Gasteiger charge is -2.18. The van der Waals surface area contributed by atoms with Crippen molar-refractivity contribution in [2.75, 3.05) is 11.6 Å². The number of aromatic nitrogens is 2. The Labute approximate surface area is 128 Å². The number of hydrogen-bond donors (Lipinski definition) is 1. The molecule has 2 aromatic heterocycles. The third kappa shape index (κ3) is 2.97. The minimum absolute atomic E-state index is 0.114. The average Bonchev–Trinajstić information content (AvgIpc) is 3.17. The molecule has 0 aliphatic heterocycles. The molecule has 3 rings (SSSR count). The molecule has 5 heteroatoms. The predicted octanol–water partition coefficient (Wildman–Crippen LogP) is 3.94. The lowest BCUT2D eigenvalue weighted by Crippen LogP contribution is -2.16. The lowest BCUT2D eigenvalue weighted by atomic mass is 10.2. The Kier molecular flexibility index (Phi) is 4.01. The zero-order chi connectivity index (χ0) is 14.7. The number of nitrogens with one attached hydrogen (secondary N) is 1. The maximum Gasteiger partial charge on any atom is 0.143 e. The zero-order valence-electron chi connectivity index (χ0n) is 12.0. The van der Waals surface area contributed by atoms with Crippen LogP contribution in [-0.2, 0) is 7.05 Å². The Morgan fingerprint density at radius 1 is 1.29 bits per heavy atom. The first-order chi connectivity index (χ1) is 10.3. The minimum Gasteiger partial charge on any atom is -0.467 e. The van der Waals surface area contributed by atoms with Crippen molar-refractivity contribution in [1.29, 1.82) is 0 Å². The van der Waals surface area contributed by atoms with Crippen LogP contribution in [0.1, 0.15) is 17.6 Å². The fourth-order valence-electron chi connectivity index (χ4n) is 2.25. The van der Waals surface area contributed by atoms with Gasteiger partial charge in [-0.2, -0.15) is 0 Å². The standard InChI is InChI=1S/C16H17N3OS/c1-19-9-8-17-16(19)15(14-7-4-10-20-14)18-12-5-3-6-13(11-12)21-2/h3-11,15,18H,1-2H3. The van der Waals surface area contributed by atoms with Crippen molar-refractivity contribution in [3.8, 4) is 0 Å². The van der Waals surface area contributed by atoms with Crippen molar-refractivity contribution >= 4 is 17.4 Å². The maximum atomic E-state index is 5.58. The van der Waals surface area contributed by atoms with Gasteiger partial charge in [0.15, 0.2) is 0 Å². The van der Waals surface area contributed by atoms with E-state index in [2.05, 4.69) is 34.8 Å². The first-order valence-corrected chi connectivity index (χ1v) is 7.91. The summed E-state index contributed by atoms with van der Waals surface area (Å²) in [6, 6.07) is 12.1. The van der Waals surface area contributed by atoms with Gasteiger partial charge >= 0.3 is 0 Å². The van der Waals surface area contributed by atoms with E-state index in [1.807, 2.05) is 36.0 Å². The highest BCUT2D eigenvalue weighted by molar-refractivity contribution is 7.98. The normalized spacial score (nSPS) is 12.3. The third-order valence-electron chi connectivity index (χ3n) is 3.33. The van der Waals surface area contributed by atoms with Crippen LogP contribution in [0, 0.1) is 0 Å². The second-order valence-electron chi connectivity index (χ2n) is 4.72. The molecule has 0 bridgehead atoms. The van der Waals surface area contributed by atoms with Crippen LogP contribution < -0.4 is 5.32 Å². The first-order valence-electron chi connectivity index (χ1n) is 6.69. The summed E-state index contributed by atoms with van der Waals surface area (Å²) < 4.78 is 7.58. The second kappa shape index (κ2) is 6.10. The molecule has 108 valence electrons. The number of anilines is 1. The number of furan rings is 1. The van der Waals surface area contributed by atoms with Gasteiger partial charge in [-0.15, -0.1) is 11.8 Å². The zero-order valence-corrected chi connectivity index (χ0v) is 12.8. The van der Waals surface area contributed by atoms with Gasteiger partial charge in [0, 0.05) is 30.0 Å². The first kappa shape index (κ1) is 13.8. The average molecular weight is 299 g/mol. The van der Waals surface area contributed by atoms with Crippen LogP contribution >= 0.6 is 11.8 Å². The molecule has 0 spiro atoms. The molecule has 4 nitrogen and oxygen atoms in total. The SMILES string of the molecule is CSc1cccc(NC(c2ccco2)c2nccn2C)c1. The minimum atomic E-state index is -0.114. The molecule has 1 N–H and O–H groups in total. The molecule has 21 heavy (non-hydrogen) atoms. The van der Waals surface area contributed by atoms with E-state index in [0.29, 0.717) is 0 Å². The summed E-state index contributed by atoms with van der Waals surface area (Å²) in [5, 5.41) is 3.51. The fraction of sp³-hybridized carbons (Fsp3) is 0.188. The summed E-state index contributed by atoms with van der Waals surface area (Å²) in [5.41, 5.74) is 1.05. The van der Waals surface area contributed by atoms with Gasteiger partial charge in [-0.3, -0.25) is 0 Å². The quantitative estimate of drug-likeness (QED) is 0.725. The maximum absolute atomic E-state index is 5.58. The van der Waals surface area contributed by atoms with E-state index in [1.54, 1.807) is 24.2 Å². The van der Waals surface area contributed by atoms with Crippen LogP contribution in [0.2, 0.25) is 0 Å². The molecule has 0 aliphatic carbocycles. The monoisotopic (exact) mass is 299 g/mol. The summed E-state index contributed by atoms with van der Waals surface area (Å²) in [6.07, 6.45) is 7.49. The van der Waals surface area contributed by atoms with Gasteiger partial charge in [0.1, 0.15) is 17.6 Å². The van der Waals surface area contributed by atoms with Crippen molar-refractivity contribution < 1.29 is 4.42 Å². The van der Waals surface area contributed by atoms with Crippen molar-refractivity contribution in [2.24, 2.45) is 7.05 Å². The molecule has 0 saturated carbocycles. The van der Waals surface area contributed by atoms with Crippen LogP contribution in [0.15, 0.2) is 64.4 Å². The summed E-state index contributed by atoms with van der Waals surface area (Å²) >= 11 is 1.72. The number of imidazole rings is 1. The number of rotatable bonds is 5. The Balaban J connectivity index is 1.95. The number of nitrogens with zero attached hydrogens (tertiary/aromatic N) is 2. The van der Waals surface area contributed by atoms with Gasteiger partial charge in [0.05, 0.1) is 6.26 Å². The molecule has 1 aromatic carbocycles. The van der Waals surface area contributed by atoms with Crippen molar-refractivity contribution in [1.82, 2.24) is 9.55 Å². The van der Waals surface area contributed by atoms with Crippen LogP contribution in [0.25, 0.3) is 0 Å². The molecule has 1 atom stereocenters. The van der Waals surface area contributed by atoms with Gasteiger partial charge in [-0.05, 0) is 36.6 Å². The molecule has 0 radical (unpaired) electrons. The van der Waals surface area contributed by atoms with E-state index in [0.717, 1.165) is 17.3 Å². The van der Waals surface area contributed by atoms with Crippen molar-refractivity contribution in [3.63, 3.8) is 0 Å². The van der Waals surface area contributed by atoms with Gasteiger partial charge in [0.2, 0.25) is 0 Å². The topological polar surface area (TPSA) is 43.0 Å². The highest BCUT2D eigenvalue weighted by Crippen LogP contribution is 2.27. The molecule has 0 fully saturated rings. The number of aryl methyl sites for hydroxylation is 1. The van der Waals surface area contributed by atoms with E-state index in [9.17, 15) is 0 Å². The van der Waals surface area contributed by atoms with Crippen molar-refractivity contribution in [2.45, 2.75) is 10.9 Å². The summed E-state index contributed by atoms with van der Waals surface area (Å²) in [5.74, 6) is 1.76. The van der Waals surface area contributed by atoms with Gasteiger partial charge in [0.25, 0.3) is 0 Å². The van der Waals surface area contributed by atoms with Crippen LogP contribution in [-0.4, -0.2) is 15.8 Å². The smallest absolute Gasteiger partial charge is 0.143 e. The summed E-state index contributed by atoms with van der Waals surface area (Å²) in [4.78, 5) is 5.67. The van der Waals surface area contributed by atoms with E-state index in [1.165, 1.54) is 4.90 Å². The molecule has 0 aliphatic rings. The number of benzene rings is 1. The van der Waals surface area contributed by atoms with Crippen LogP contribution in [0.3, 0.4) is 0 Å². The number of thioether (sulfide) groups is 1. The highest BCUT2D eigenvalue weighted by Gasteiger charge is 2.20. The Bertz CT molecular complexity index is 706. The summed E-state index contributed by atoms with van der Waals surface area (Å²) in [7, 11) is 1.98. The van der Waals surface area contributed by atoms with Gasteiger partial charge in [-0.1, -0.05) is 6.07 Å². The van der Waals surface area contributed by atoms with E-state index < -0.39 is 0 Å². The van der Waals surface area contributed by atoms with Crippen LogP contribution in [0.5, 0.6) is 0 Å². The van der Waals surface area contributed by atoms with Gasteiger partial charge < -0.3 is 14.3 Å². The lowest BCUT2D eigenvalue weighted by molar-refractivity contribution is 0.488. The van der Waals surface area contributed by atoms with E-state index in [4.69, 9.17) is 4.42 Å². The van der Waals surface area contributed by atoms with Crippen molar-refractivity contribution in [3.05, 3.63) is 66.6 Å². The summed E-state index contributed by atoms with van der Waals surface area (Å²) in [6.45, 7) is 0.